The van der Waals surface area contributed by atoms with Crippen molar-refractivity contribution in [1.82, 2.24) is 20.5 Å². The summed E-state index contributed by atoms with van der Waals surface area (Å²) in [7, 11) is 0. The van der Waals surface area contributed by atoms with Gasteiger partial charge in [0.05, 0.1) is 29.6 Å². The number of H-pyrrole nitrogens is 2. The zero-order valence-electron chi connectivity index (χ0n) is 19.6. The number of anilines is 1. The maximum Gasteiger partial charge on any atom is 0.240 e. The predicted octanol–water partition coefficient (Wildman–Crippen LogP) is 3.36. The molecule has 0 bridgehead atoms. The minimum atomic E-state index is -0.503. The van der Waals surface area contributed by atoms with Crippen LogP contribution in [0.2, 0.25) is 0 Å². The second-order valence-corrected chi connectivity index (χ2v) is 9.74. The first kappa shape index (κ1) is 21.4. The molecular formula is C26H31N5O3. The summed E-state index contributed by atoms with van der Waals surface area (Å²) in [5.74, 6) is -0.0706. The molecule has 2 amide bonds. The van der Waals surface area contributed by atoms with Gasteiger partial charge in [0.25, 0.3) is 0 Å². The number of aromatic nitrogens is 3. The van der Waals surface area contributed by atoms with Crippen LogP contribution < -0.4 is 10.2 Å². The number of nitrogens with zero attached hydrogens (tertiary/aromatic N) is 2. The highest BCUT2D eigenvalue weighted by atomic mass is 16.5. The first-order chi connectivity index (χ1) is 16.6. The SMILES string of the molecule is CCOCCNC(=O)CN1C(=O)C2(CCCC2)c2cc3[nH]c4c(c3cc21)CCCc1cn[nH]c1-4. The lowest BCUT2D eigenvalue weighted by Crippen LogP contribution is -2.44. The second kappa shape index (κ2) is 8.27. The largest absolute Gasteiger partial charge is 0.380 e. The first-order valence-electron chi connectivity index (χ1n) is 12.5. The minimum Gasteiger partial charge on any atom is -0.380 e. The fourth-order valence-electron chi connectivity index (χ4n) is 6.25. The van der Waals surface area contributed by atoms with Crippen LogP contribution in [-0.4, -0.2) is 53.3 Å². The third-order valence-corrected chi connectivity index (χ3v) is 7.86. The van der Waals surface area contributed by atoms with E-state index in [2.05, 4.69) is 32.6 Å². The summed E-state index contributed by atoms with van der Waals surface area (Å²) >= 11 is 0. The van der Waals surface area contributed by atoms with E-state index in [0.29, 0.717) is 19.8 Å². The average Bonchev–Trinajstić information content (AvgIpc) is 3.60. The smallest absolute Gasteiger partial charge is 0.240 e. The number of aromatic amines is 2. The number of benzene rings is 1. The molecule has 1 spiro atoms. The van der Waals surface area contributed by atoms with Gasteiger partial charge in [-0.3, -0.25) is 14.7 Å². The van der Waals surface area contributed by atoms with Crippen molar-refractivity contribution in [1.29, 1.82) is 0 Å². The number of aryl methyl sites for hydroxylation is 2. The molecule has 0 atom stereocenters. The lowest BCUT2D eigenvalue weighted by molar-refractivity contribution is -0.126. The molecule has 1 aliphatic heterocycles. The highest BCUT2D eigenvalue weighted by Gasteiger charge is 2.52. The van der Waals surface area contributed by atoms with Gasteiger partial charge in [0.1, 0.15) is 6.54 Å². The standard InChI is InChI=1S/C26H31N5O3/c1-2-34-11-10-27-22(32)15-31-21-12-18-17-7-5-6-16-14-28-30-23(16)24(17)29-20(18)13-19(21)26(25(31)33)8-3-4-9-26/h12-14,29H,2-11,15H2,1H3,(H,27,32)(H,28,30). The summed E-state index contributed by atoms with van der Waals surface area (Å²) < 4.78 is 5.32. The molecule has 3 heterocycles. The van der Waals surface area contributed by atoms with Gasteiger partial charge in [-0.25, -0.2) is 0 Å². The van der Waals surface area contributed by atoms with Crippen LogP contribution in [0.1, 0.15) is 55.7 Å². The number of fused-ring (bicyclic) bond motifs is 7. The molecule has 8 heteroatoms. The van der Waals surface area contributed by atoms with Gasteiger partial charge in [0.2, 0.25) is 11.8 Å². The van der Waals surface area contributed by atoms with E-state index in [1.165, 1.54) is 11.1 Å². The lowest BCUT2D eigenvalue weighted by Gasteiger charge is -2.23. The predicted molar refractivity (Wildman–Crippen MR) is 130 cm³/mol. The van der Waals surface area contributed by atoms with Crippen LogP contribution in [0, 0.1) is 0 Å². The summed E-state index contributed by atoms with van der Waals surface area (Å²) in [6, 6.07) is 4.34. The van der Waals surface area contributed by atoms with Gasteiger partial charge < -0.3 is 19.9 Å². The van der Waals surface area contributed by atoms with E-state index >= 15 is 0 Å². The Morgan fingerprint density at radius 2 is 2.06 bits per heavy atom. The van der Waals surface area contributed by atoms with Crippen molar-refractivity contribution in [2.24, 2.45) is 0 Å². The van der Waals surface area contributed by atoms with Gasteiger partial charge in [-0.05, 0) is 67.9 Å². The molecule has 1 saturated carbocycles. The molecule has 3 N–H and O–H groups in total. The number of carbonyl (C=O) groups is 2. The molecule has 0 unspecified atom stereocenters. The molecule has 178 valence electrons. The van der Waals surface area contributed by atoms with Gasteiger partial charge in [-0.1, -0.05) is 12.8 Å². The topological polar surface area (TPSA) is 103 Å². The Labute approximate surface area is 198 Å². The van der Waals surface area contributed by atoms with E-state index in [4.69, 9.17) is 4.74 Å². The maximum absolute atomic E-state index is 13.8. The van der Waals surface area contributed by atoms with Crippen molar-refractivity contribution < 1.29 is 14.3 Å². The highest BCUT2D eigenvalue weighted by Crippen LogP contribution is 2.53. The Balaban J connectivity index is 1.41. The average molecular weight is 462 g/mol. The van der Waals surface area contributed by atoms with Crippen LogP contribution in [-0.2, 0) is 32.6 Å². The van der Waals surface area contributed by atoms with E-state index in [9.17, 15) is 9.59 Å². The maximum atomic E-state index is 13.8. The molecule has 0 radical (unpaired) electrons. The molecule has 2 aliphatic carbocycles. The van der Waals surface area contributed by atoms with Gasteiger partial charge in [0.15, 0.2) is 0 Å². The number of ether oxygens (including phenoxy) is 1. The number of amides is 2. The third kappa shape index (κ3) is 3.19. The number of rotatable bonds is 6. The normalized spacial score (nSPS) is 18.3. The van der Waals surface area contributed by atoms with E-state index in [1.54, 1.807) is 4.90 Å². The number of carbonyl (C=O) groups excluding carboxylic acids is 2. The molecule has 2 aromatic heterocycles. The number of hydrogen-bond donors (Lipinski definition) is 3. The molecule has 6 rings (SSSR count). The van der Waals surface area contributed by atoms with Crippen molar-refractivity contribution in [3.8, 4) is 11.4 Å². The van der Waals surface area contributed by atoms with Crippen LogP contribution in [0.15, 0.2) is 18.3 Å². The van der Waals surface area contributed by atoms with Crippen molar-refractivity contribution in [2.75, 3.05) is 31.2 Å². The van der Waals surface area contributed by atoms with Crippen LogP contribution in [0.3, 0.4) is 0 Å². The Kier molecular flexibility index (Phi) is 5.21. The second-order valence-electron chi connectivity index (χ2n) is 9.74. The summed E-state index contributed by atoms with van der Waals surface area (Å²) in [6.07, 6.45) is 8.71. The Morgan fingerprint density at radius 1 is 1.21 bits per heavy atom. The summed E-state index contributed by atoms with van der Waals surface area (Å²) in [5.41, 5.74) is 7.22. The Hall–Kier alpha value is -3.13. The van der Waals surface area contributed by atoms with E-state index in [0.717, 1.165) is 78.5 Å². The quantitative estimate of drug-likeness (QED) is 0.490. The van der Waals surface area contributed by atoms with Gasteiger partial charge in [-0.2, -0.15) is 5.10 Å². The number of nitrogens with one attached hydrogen (secondary N) is 3. The monoisotopic (exact) mass is 461 g/mol. The van der Waals surface area contributed by atoms with Crippen molar-refractivity contribution >= 4 is 28.4 Å². The summed E-state index contributed by atoms with van der Waals surface area (Å²) in [4.78, 5) is 31.9. The Morgan fingerprint density at radius 3 is 2.88 bits per heavy atom. The van der Waals surface area contributed by atoms with Crippen LogP contribution >= 0.6 is 0 Å². The molecule has 1 fully saturated rings. The van der Waals surface area contributed by atoms with E-state index < -0.39 is 5.41 Å². The molecule has 34 heavy (non-hydrogen) atoms. The van der Waals surface area contributed by atoms with Gasteiger partial charge in [-0.15, -0.1) is 0 Å². The molecule has 3 aromatic rings. The summed E-state index contributed by atoms with van der Waals surface area (Å²) in [5, 5.41) is 11.5. The first-order valence-corrected chi connectivity index (χ1v) is 12.5. The molecule has 0 saturated heterocycles. The Bertz CT molecular complexity index is 1270. The van der Waals surface area contributed by atoms with Gasteiger partial charge in [0, 0.05) is 29.7 Å². The zero-order chi connectivity index (χ0) is 23.3. The van der Waals surface area contributed by atoms with Gasteiger partial charge >= 0.3 is 0 Å². The van der Waals surface area contributed by atoms with Crippen molar-refractivity contribution in [3.05, 3.63) is 35.0 Å². The lowest BCUT2D eigenvalue weighted by atomic mass is 9.80. The van der Waals surface area contributed by atoms with Crippen LogP contribution in [0.4, 0.5) is 5.69 Å². The molecule has 3 aliphatic rings. The van der Waals surface area contributed by atoms with Crippen LogP contribution in [0.25, 0.3) is 22.3 Å². The third-order valence-electron chi connectivity index (χ3n) is 7.86. The molecule has 1 aromatic carbocycles. The van der Waals surface area contributed by atoms with E-state index in [1.807, 2.05) is 13.1 Å². The van der Waals surface area contributed by atoms with Crippen LogP contribution in [0.5, 0.6) is 0 Å². The van der Waals surface area contributed by atoms with Crippen molar-refractivity contribution in [3.63, 3.8) is 0 Å². The highest BCUT2D eigenvalue weighted by molar-refractivity contribution is 6.13. The fourth-order valence-corrected chi connectivity index (χ4v) is 6.25. The minimum absolute atomic E-state index is 0.0442. The number of hydrogen-bond acceptors (Lipinski definition) is 4. The van der Waals surface area contributed by atoms with Crippen molar-refractivity contribution in [2.45, 2.75) is 57.3 Å². The fraction of sp³-hybridized carbons (Fsp3) is 0.500. The zero-order valence-corrected chi connectivity index (χ0v) is 19.6. The molecule has 8 nitrogen and oxygen atoms in total. The van der Waals surface area contributed by atoms with E-state index in [-0.39, 0.29) is 18.4 Å². The summed E-state index contributed by atoms with van der Waals surface area (Å²) in [6.45, 7) is 3.51. The molecular weight excluding hydrogens is 430 g/mol.